The maximum absolute atomic E-state index is 13.5. The molecule has 0 spiro atoms. The molecule has 2 atom stereocenters. The van der Waals surface area contributed by atoms with Crippen molar-refractivity contribution in [2.24, 2.45) is 5.92 Å². The summed E-state index contributed by atoms with van der Waals surface area (Å²) in [5.74, 6) is -2.34. The summed E-state index contributed by atoms with van der Waals surface area (Å²) in [6.07, 6.45) is 1.98. The number of benzene rings is 2. The summed E-state index contributed by atoms with van der Waals surface area (Å²) in [5, 5.41) is 2.63. The maximum atomic E-state index is 13.5. The molecule has 1 fully saturated rings. The molecular weight excluding hydrogens is 435 g/mol. The highest BCUT2D eigenvalue weighted by Gasteiger charge is 2.60. The van der Waals surface area contributed by atoms with Crippen LogP contribution in [0, 0.1) is 30.3 Å². The van der Waals surface area contributed by atoms with Crippen molar-refractivity contribution in [3.05, 3.63) is 83.2 Å². The molecule has 9 heteroatoms. The molecular formula is C24H22F3N3O3. The predicted molar refractivity (Wildman–Crippen MR) is 114 cm³/mol. The molecule has 4 rings (SSSR count). The highest BCUT2D eigenvalue weighted by Crippen LogP contribution is 2.55. The van der Waals surface area contributed by atoms with Crippen LogP contribution in [0.5, 0.6) is 5.75 Å². The number of halogens is 3. The molecule has 0 bridgehead atoms. The van der Waals surface area contributed by atoms with Gasteiger partial charge in [-0.05, 0) is 43.2 Å². The largest absolute Gasteiger partial charge is 0.489 e. The number of nitrogens with zero attached hydrogens (tertiary/aromatic N) is 2. The van der Waals surface area contributed by atoms with E-state index < -0.39 is 28.8 Å². The number of carbonyl (C=O) groups is 1. The molecule has 0 saturated heterocycles. The van der Waals surface area contributed by atoms with Gasteiger partial charge in [-0.2, -0.15) is 0 Å². The highest BCUT2D eigenvalue weighted by molar-refractivity contribution is 5.96. The molecule has 172 valence electrons. The maximum Gasteiger partial charge on any atom is 0.228 e. The molecule has 2 unspecified atom stereocenters. The molecule has 0 radical (unpaired) electrons. The minimum Gasteiger partial charge on any atom is -0.489 e. The van der Waals surface area contributed by atoms with Gasteiger partial charge in [-0.25, -0.2) is 23.1 Å². The van der Waals surface area contributed by atoms with E-state index in [-0.39, 0.29) is 24.8 Å². The number of hydrogen-bond acceptors (Lipinski definition) is 5. The summed E-state index contributed by atoms with van der Waals surface area (Å²) in [6, 6.07) is 9.04. The first-order valence-electron chi connectivity index (χ1n) is 10.3. The minimum absolute atomic E-state index is 0.109. The van der Waals surface area contributed by atoms with Crippen molar-refractivity contribution in [2.75, 3.05) is 19.0 Å². The Morgan fingerprint density at radius 3 is 2.61 bits per heavy atom. The zero-order chi connectivity index (χ0) is 23.6. The highest BCUT2D eigenvalue weighted by atomic mass is 19.2. The molecule has 1 N–H and O–H groups in total. The summed E-state index contributed by atoms with van der Waals surface area (Å²) in [5.41, 5.74) is 0.721. The van der Waals surface area contributed by atoms with Gasteiger partial charge in [-0.15, -0.1) is 0 Å². The van der Waals surface area contributed by atoms with E-state index >= 15 is 0 Å². The van der Waals surface area contributed by atoms with E-state index in [0.717, 1.165) is 17.7 Å². The Labute approximate surface area is 188 Å². The van der Waals surface area contributed by atoms with Gasteiger partial charge in [0, 0.05) is 24.3 Å². The van der Waals surface area contributed by atoms with Gasteiger partial charge in [0.15, 0.2) is 17.4 Å². The van der Waals surface area contributed by atoms with Crippen molar-refractivity contribution in [3.8, 4) is 5.75 Å². The molecule has 1 aromatic heterocycles. The number of nitrogens with one attached hydrogen (secondary N) is 1. The number of amides is 1. The van der Waals surface area contributed by atoms with Gasteiger partial charge >= 0.3 is 0 Å². The molecule has 1 aliphatic rings. The van der Waals surface area contributed by atoms with Crippen molar-refractivity contribution in [2.45, 2.75) is 25.4 Å². The van der Waals surface area contributed by atoms with Crippen molar-refractivity contribution in [1.29, 1.82) is 0 Å². The normalized spacial score (nSPS) is 19.2. The SMILES string of the molecule is COCc1nc(C)ncc1OCC1(c2ccc(F)cc2)CC1C(=O)Nc1ccc(F)c(F)c1. The van der Waals surface area contributed by atoms with Crippen molar-refractivity contribution < 1.29 is 27.4 Å². The van der Waals surface area contributed by atoms with Crippen LogP contribution < -0.4 is 10.1 Å². The zero-order valence-corrected chi connectivity index (χ0v) is 18.1. The van der Waals surface area contributed by atoms with Gasteiger partial charge in [0.1, 0.15) is 17.3 Å². The molecule has 2 aromatic carbocycles. The lowest BCUT2D eigenvalue weighted by atomic mass is 9.93. The van der Waals surface area contributed by atoms with E-state index in [1.165, 1.54) is 18.2 Å². The predicted octanol–water partition coefficient (Wildman–Crippen LogP) is 4.32. The van der Waals surface area contributed by atoms with Gasteiger partial charge in [0.25, 0.3) is 0 Å². The smallest absolute Gasteiger partial charge is 0.228 e. The van der Waals surface area contributed by atoms with Gasteiger partial charge in [-0.3, -0.25) is 4.79 Å². The first kappa shape index (κ1) is 22.7. The molecule has 1 amide bonds. The quantitative estimate of drug-likeness (QED) is 0.545. The molecule has 6 nitrogen and oxygen atoms in total. The van der Waals surface area contributed by atoms with Crippen LogP contribution in [0.25, 0.3) is 0 Å². The van der Waals surface area contributed by atoms with E-state index in [1.807, 2.05) is 0 Å². The number of methoxy groups -OCH3 is 1. The van der Waals surface area contributed by atoms with Crippen LogP contribution in [-0.4, -0.2) is 29.6 Å². The molecule has 3 aromatic rings. The fraction of sp³-hybridized carbons (Fsp3) is 0.292. The Morgan fingerprint density at radius 1 is 1.15 bits per heavy atom. The molecule has 1 aliphatic carbocycles. The van der Waals surface area contributed by atoms with Crippen molar-refractivity contribution in [3.63, 3.8) is 0 Å². The number of aromatic nitrogens is 2. The van der Waals surface area contributed by atoms with Gasteiger partial charge in [0.2, 0.25) is 5.91 Å². The zero-order valence-electron chi connectivity index (χ0n) is 18.1. The molecule has 0 aliphatic heterocycles. The lowest BCUT2D eigenvalue weighted by Gasteiger charge is -2.20. The average molecular weight is 457 g/mol. The third-order valence-corrected chi connectivity index (χ3v) is 5.71. The Kier molecular flexibility index (Phi) is 6.33. The summed E-state index contributed by atoms with van der Waals surface area (Å²) in [7, 11) is 1.54. The van der Waals surface area contributed by atoms with Crippen LogP contribution in [0.15, 0.2) is 48.7 Å². The topological polar surface area (TPSA) is 73.3 Å². The standard InChI is InChI=1S/C24H22F3N3O3/c1-14-28-11-22(21(29-14)12-32-2)33-13-24(15-3-5-16(25)6-4-15)10-18(24)23(31)30-17-7-8-19(26)20(27)9-17/h3-9,11,18H,10,12-13H2,1-2H3,(H,30,31). The third-order valence-electron chi connectivity index (χ3n) is 5.71. The second-order valence-corrected chi connectivity index (χ2v) is 7.99. The number of anilines is 1. The second kappa shape index (κ2) is 9.19. The Balaban J connectivity index is 1.57. The molecule has 1 heterocycles. The van der Waals surface area contributed by atoms with Crippen LogP contribution in [0.3, 0.4) is 0 Å². The second-order valence-electron chi connectivity index (χ2n) is 7.99. The average Bonchev–Trinajstić information content (AvgIpc) is 3.52. The van der Waals surface area contributed by atoms with E-state index in [1.54, 1.807) is 32.4 Å². The van der Waals surface area contributed by atoms with Crippen LogP contribution >= 0.6 is 0 Å². The van der Waals surface area contributed by atoms with Crippen molar-refractivity contribution in [1.82, 2.24) is 9.97 Å². The monoisotopic (exact) mass is 457 g/mol. The van der Waals surface area contributed by atoms with E-state index in [4.69, 9.17) is 9.47 Å². The summed E-state index contributed by atoms with van der Waals surface area (Å²) >= 11 is 0. The lowest BCUT2D eigenvalue weighted by molar-refractivity contribution is -0.117. The van der Waals surface area contributed by atoms with Gasteiger partial charge in [0.05, 0.1) is 25.3 Å². The Hall–Kier alpha value is -3.46. The first-order valence-corrected chi connectivity index (χ1v) is 10.3. The fourth-order valence-electron chi connectivity index (χ4n) is 3.87. The van der Waals surface area contributed by atoms with E-state index in [2.05, 4.69) is 15.3 Å². The van der Waals surface area contributed by atoms with Crippen LogP contribution in [-0.2, 0) is 21.6 Å². The Bertz CT molecular complexity index is 1170. The van der Waals surface area contributed by atoms with E-state index in [0.29, 0.717) is 23.7 Å². The van der Waals surface area contributed by atoms with Gasteiger partial charge < -0.3 is 14.8 Å². The van der Waals surface area contributed by atoms with Gasteiger partial charge in [-0.1, -0.05) is 12.1 Å². The molecule has 33 heavy (non-hydrogen) atoms. The van der Waals surface area contributed by atoms with E-state index in [9.17, 15) is 18.0 Å². The Morgan fingerprint density at radius 2 is 1.91 bits per heavy atom. The number of rotatable bonds is 8. The lowest BCUT2D eigenvalue weighted by Crippen LogP contribution is -2.27. The summed E-state index contributed by atoms with van der Waals surface area (Å²) in [4.78, 5) is 21.5. The third kappa shape index (κ3) is 4.83. The summed E-state index contributed by atoms with van der Waals surface area (Å²) in [6.45, 7) is 2.09. The number of carbonyl (C=O) groups excluding carboxylic acids is 1. The summed E-state index contributed by atoms with van der Waals surface area (Å²) < 4.78 is 51.5. The van der Waals surface area contributed by atoms with Crippen LogP contribution in [0.2, 0.25) is 0 Å². The fourth-order valence-corrected chi connectivity index (χ4v) is 3.87. The number of hydrogen-bond donors (Lipinski definition) is 1. The minimum atomic E-state index is -1.05. The van der Waals surface area contributed by atoms with Crippen LogP contribution in [0.1, 0.15) is 23.5 Å². The van der Waals surface area contributed by atoms with Crippen molar-refractivity contribution >= 4 is 11.6 Å². The number of aryl methyl sites for hydroxylation is 1. The number of ether oxygens (including phenoxy) is 2. The first-order chi connectivity index (χ1) is 15.8. The molecule has 1 saturated carbocycles. The van der Waals surface area contributed by atoms with Crippen LogP contribution in [0.4, 0.5) is 18.9 Å².